The van der Waals surface area contributed by atoms with Gasteiger partial charge >= 0.3 is 5.92 Å². The molecule has 2 aromatic rings. The molecule has 2 atom stereocenters. The summed E-state index contributed by atoms with van der Waals surface area (Å²) in [7, 11) is 2.04. The van der Waals surface area contributed by atoms with E-state index in [1.54, 1.807) is 13.0 Å². The molecule has 2 unspecified atom stereocenters. The van der Waals surface area contributed by atoms with Gasteiger partial charge in [-0.1, -0.05) is 51.4 Å². The molecule has 1 aromatic heterocycles. The van der Waals surface area contributed by atoms with Crippen LogP contribution < -0.4 is 5.32 Å². The Morgan fingerprint density at radius 1 is 1.26 bits per heavy atom. The molecule has 9 heteroatoms. The Bertz CT molecular complexity index is 1000. The molecule has 0 amide bonds. The van der Waals surface area contributed by atoms with E-state index in [9.17, 15) is 13.6 Å². The van der Waals surface area contributed by atoms with E-state index in [1.165, 1.54) is 12.1 Å². The van der Waals surface area contributed by atoms with Gasteiger partial charge in [0.25, 0.3) is 5.89 Å². The Balaban J connectivity index is 0.000000306. The van der Waals surface area contributed by atoms with Crippen molar-refractivity contribution < 1.29 is 18.0 Å². The molecule has 1 aliphatic carbocycles. The van der Waals surface area contributed by atoms with Crippen molar-refractivity contribution in [1.29, 1.82) is 0 Å². The third-order valence-corrected chi connectivity index (χ3v) is 7.44. The van der Waals surface area contributed by atoms with Gasteiger partial charge in [-0.2, -0.15) is 8.78 Å². The number of aldehydes is 1. The fourth-order valence-corrected chi connectivity index (χ4v) is 4.85. The van der Waals surface area contributed by atoms with Crippen LogP contribution in [0, 0.1) is 23.7 Å². The number of aromatic nitrogens is 2. The van der Waals surface area contributed by atoms with Gasteiger partial charge in [-0.25, -0.2) is 0 Å². The molecule has 1 spiro atoms. The fraction of sp³-hybridized carbons (Fsp3) is 0.640. The lowest BCUT2D eigenvalue weighted by molar-refractivity contribution is -0.109. The zero-order valence-electron chi connectivity index (χ0n) is 20.8. The molecule has 3 aliphatic rings. The van der Waals surface area contributed by atoms with Crippen molar-refractivity contribution in [3.8, 4) is 0 Å². The molecule has 3 fully saturated rings. The van der Waals surface area contributed by atoms with E-state index in [0.717, 1.165) is 37.9 Å². The smallest absolute Gasteiger partial charge is 0.349 e. The zero-order valence-corrected chi connectivity index (χ0v) is 21.5. The van der Waals surface area contributed by atoms with Gasteiger partial charge in [-0.3, -0.25) is 0 Å². The van der Waals surface area contributed by atoms with Crippen molar-refractivity contribution in [2.24, 2.45) is 16.7 Å². The molecule has 3 heterocycles. The summed E-state index contributed by atoms with van der Waals surface area (Å²) in [6.07, 6.45) is 2.15. The van der Waals surface area contributed by atoms with E-state index in [2.05, 4.69) is 34.3 Å². The predicted octanol–water partition coefficient (Wildman–Crippen LogP) is 5.05. The quantitative estimate of drug-likeness (QED) is 0.597. The predicted molar refractivity (Wildman–Crippen MR) is 128 cm³/mol. The number of likely N-dealkylation sites (tertiary alicyclic amines) is 1. The standard InChI is InChI=1S/C17H19ClF2N4O.C6H10O.C2H6/c1-10-3-4-11(5-13(10)18)17(19,20)15-23-22-14(25-15)12-6-21-7-16(12)8-24(2)9-16;1-6(2)3-5(6)4-7;1-2/h3-5,12,21H,6-9H2,1-2H3;4-5H,3H2,1-2H3;1-2H3. The Morgan fingerprint density at radius 3 is 2.41 bits per heavy atom. The van der Waals surface area contributed by atoms with Crippen molar-refractivity contribution in [3.05, 3.63) is 46.1 Å². The molecule has 188 valence electrons. The molecule has 2 aliphatic heterocycles. The summed E-state index contributed by atoms with van der Waals surface area (Å²) in [5.41, 5.74) is 0.837. The molecule has 6 nitrogen and oxygen atoms in total. The van der Waals surface area contributed by atoms with Gasteiger partial charge < -0.3 is 19.4 Å². The number of halogens is 3. The minimum Gasteiger partial charge on any atom is -0.419 e. The SMILES string of the molecule is CC.CC1(C)CC1C=O.Cc1ccc(C(F)(F)c2nnc(C3CNCC34CN(C)C4)o2)cc1Cl. The third-order valence-electron chi connectivity index (χ3n) is 7.03. The van der Waals surface area contributed by atoms with Crippen LogP contribution in [0.15, 0.2) is 22.6 Å². The number of carbonyl (C=O) groups is 1. The molecule has 1 aromatic carbocycles. The summed E-state index contributed by atoms with van der Waals surface area (Å²) in [4.78, 5) is 12.2. The lowest BCUT2D eigenvalue weighted by Crippen LogP contribution is -2.57. The highest BCUT2D eigenvalue weighted by Crippen LogP contribution is 2.50. The first-order chi connectivity index (χ1) is 16.0. The molecule has 34 heavy (non-hydrogen) atoms. The lowest BCUT2D eigenvalue weighted by Gasteiger charge is -2.48. The molecule has 1 N–H and O–H groups in total. The largest absolute Gasteiger partial charge is 0.419 e. The van der Waals surface area contributed by atoms with Gasteiger partial charge in [0, 0.05) is 48.1 Å². The van der Waals surface area contributed by atoms with Crippen LogP contribution in [-0.2, 0) is 10.7 Å². The second-order valence-corrected chi connectivity index (χ2v) is 10.5. The number of carbonyl (C=O) groups excluding carboxylic acids is 1. The Morgan fingerprint density at radius 2 is 1.91 bits per heavy atom. The van der Waals surface area contributed by atoms with E-state index >= 15 is 0 Å². The Hall–Kier alpha value is -1.90. The van der Waals surface area contributed by atoms with Crippen molar-refractivity contribution in [1.82, 2.24) is 20.4 Å². The summed E-state index contributed by atoms with van der Waals surface area (Å²) in [5.74, 6) is -3.45. The summed E-state index contributed by atoms with van der Waals surface area (Å²) in [6.45, 7) is 13.3. The normalized spacial score (nSPS) is 24.4. The van der Waals surface area contributed by atoms with E-state index in [4.69, 9.17) is 16.0 Å². The number of aryl methyl sites for hydroxylation is 1. The van der Waals surface area contributed by atoms with Gasteiger partial charge in [-0.15, -0.1) is 10.2 Å². The molecule has 2 saturated heterocycles. The minimum absolute atomic E-state index is 0.000998. The summed E-state index contributed by atoms with van der Waals surface area (Å²) in [5, 5.41) is 11.2. The van der Waals surface area contributed by atoms with Crippen molar-refractivity contribution >= 4 is 17.9 Å². The second-order valence-electron chi connectivity index (χ2n) is 10.1. The van der Waals surface area contributed by atoms with Gasteiger partial charge in [0.15, 0.2) is 0 Å². The van der Waals surface area contributed by atoms with Crippen LogP contribution in [-0.4, -0.2) is 54.6 Å². The van der Waals surface area contributed by atoms with E-state index in [1.807, 2.05) is 20.9 Å². The maximum atomic E-state index is 14.8. The first kappa shape index (κ1) is 26.7. The van der Waals surface area contributed by atoms with E-state index < -0.39 is 11.8 Å². The van der Waals surface area contributed by atoms with Gasteiger partial charge in [0.05, 0.1) is 5.92 Å². The average molecular weight is 497 g/mol. The maximum Gasteiger partial charge on any atom is 0.349 e. The first-order valence-corrected chi connectivity index (χ1v) is 12.2. The van der Waals surface area contributed by atoms with E-state index in [-0.39, 0.29) is 27.8 Å². The maximum absolute atomic E-state index is 14.8. The number of hydrogen-bond acceptors (Lipinski definition) is 6. The number of alkyl halides is 2. The molecular formula is C25H35ClF2N4O2. The first-order valence-electron chi connectivity index (χ1n) is 11.8. The Kier molecular flexibility index (Phi) is 7.85. The van der Waals surface area contributed by atoms with Crippen LogP contribution in [0.3, 0.4) is 0 Å². The molecule has 5 rings (SSSR count). The van der Waals surface area contributed by atoms with Gasteiger partial charge in [0.1, 0.15) is 6.29 Å². The number of nitrogens with zero attached hydrogens (tertiary/aromatic N) is 3. The number of benzene rings is 1. The molecular weight excluding hydrogens is 462 g/mol. The van der Waals surface area contributed by atoms with Crippen LogP contribution in [0.25, 0.3) is 0 Å². The molecule has 0 bridgehead atoms. The molecule has 1 saturated carbocycles. The lowest BCUT2D eigenvalue weighted by atomic mass is 9.72. The van der Waals surface area contributed by atoms with Crippen LogP contribution >= 0.6 is 11.6 Å². The average Bonchev–Trinajstić information content (AvgIpc) is 3.15. The number of hydrogen-bond donors (Lipinski definition) is 1. The summed E-state index contributed by atoms with van der Waals surface area (Å²) in [6, 6.07) is 4.15. The monoisotopic (exact) mass is 496 g/mol. The van der Waals surface area contributed by atoms with E-state index in [0.29, 0.717) is 17.9 Å². The summed E-state index contributed by atoms with van der Waals surface area (Å²) < 4.78 is 35.0. The number of rotatable bonds is 4. The van der Waals surface area contributed by atoms with Crippen molar-refractivity contribution in [2.75, 3.05) is 33.2 Å². The zero-order chi connectivity index (χ0) is 25.3. The highest BCUT2D eigenvalue weighted by Gasteiger charge is 2.53. The number of nitrogens with one attached hydrogen (secondary N) is 1. The van der Waals surface area contributed by atoms with Crippen molar-refractivity contribution in [2.45, 2.75) is 52.9 Å². The minimum atomic E-state index is -3.38. The summed E-state index contributed by atoms with van der Waals surface area (Å²) >= 11 is 5.98. The second kappa shape index (κ2) is 9.99. The highest BCUT2D eigenvalue weighted by molar-refractivity contribution is 6.31. The highest BCUT2D eigenvalue weighted by atomic mass is 35.5. The van der Waals surface area contributed by atoms with Crippen LogP contribution in [0.5, 0.6) is 0 Å². The van der Waals surface area contributed by atoms with Gasteiger partial charge in [-0.05, 0) is 37.4 Å². The van der Waals surface area contributed by atoms with Crippen LogP contribution in [0.4, 0.5) is 8.78 Å². The fourth-order valence-electron chi connectivity index (χ4n) is 4.67. The molecule has 0 radical (unpaired) electrons. The van der Waals surface area contributed by atoms with Crippen LogP contribution in [0.1, 0.15) is 62.9 Å². The Labute approximate surface area is 205 Å². The van der Waals surface area contributed by atoms with Crippen LogP contribution in [0.2, 0.25) is 5.02 Å². The van der Waals surface area contributed by atoms with Gasteiger partial charge in [0.2, 0.25) is 5.89 Å². The topological polar surface area (TPSA) is 71.3 Å². The van der Waals surface area contributed by atoms with Crippen molar-refractivity contribution in [3.63, 3.8) is 0 Å². The third kappa shape index (κ3) is 5.19.